The van der Waals surface area contributed by atoms with Gasteiger partial charge in [-0.3, -0.25) is 0 Å². The van der Waals surface area contributed by atoms with Gasteiger partial charge >= 0.3 is 0 Å². The van der Waals surface area contributed by atoms with Crippen LogP contribution in [0.2, 0.25) is 0 Å². The van der Waals surface area contributed by atoms with E-state index < -0.39 is 12.1 Å². The van der Waals surface area contributed by atoms with E-state index in [1.54, 1.807) is 0 Å². The summed E-state index contributed by atoms with van der Waals surface area (Å²) in [4.78, 5) is 0. The summed E-state index contributed by atoms with van der Waals surface area (Å²) >= 11 is 0. The highest BCUT2D eigenvalue weighted by atomic mass is 16.6. The van der Waals surface area contributed by atoms with Crippen molar-refractivity contribution < 1.29 is 43.4 Å². The molecule has 0 spiro atoms. The van der Waals surface area contributed by atoms with Crippen molar-refractivity contribution in [3.63, 3.8) is 0 Å². The monoisotopic (exact) mass is 452 g/mol. The van der Waals surface area contributed by atoms with Crippen molar-refractivity contribution >= 4 is 0 Å². The second-order valence-electron chi connectivity index (χ2n) is 6.45. The third-order valence-electron chi connectivity index (χ3n) is 4.13. The molecule has 0 saturated heterocycles. The summed E-state index contributed by atoms with van der Waals surface area (Å²) in [5.41, 5.74) is 0. The summed E-state index contributed by atoms with van der Waals surface area (Å²) < 4.78 is 76.8. The lowest BCUT2D eigenvalue weighted by molar-refractivity contribution is 0.0223. The number of hydrogen-bond donors (Lipinski definition) is 0. The van der Waals surface area contributed by atoms with Crippen LogP contribution in [0.5, 0.6) is 23.0 Å². The fraction of sp³-hybridized carbons (Fsp3) is 0.500. The standard InChI is InChI=1S/C24H32O8/c1-2-6-22-21(5-1)29-17-13-25-9-10-27-15-19-31-23-7-3-4-8-24(23)32-20-16-28-12-11-26-14-18-30-22/h1-8H,9-20H2/i1D,2D,5D,6D. The molecule has 0 saturated carbocycles. The lowest BCUT2D eigenvalue weighted by atomic mass is 10.3. The highest BCUT2D eigenvalue weighted by Crippen LogP contribution is 2.27. The first-order chi connectivity index (χ1) is 17.6. The van der Waals surface area contributed by atoms with Gasteiger partial charge in [-0.1, -0.05) is 24.2 Å². The summed E-state index contributed by atoms with van der Waals surface area (Å²) in [5, 5.41) is 0. The Hall–Kier alpha value is -2.52. The van der Waals surface area contributed by atoms with Crippen LogP contribution in [-0.4, -0.2) is 79.3 Å². The Morgan fingerprint density at radius 1 is 0.438 bits per heavy atom. The molecule has 8 heteroatoms. The molecule has 3 rings (SSSR count). The van der Waals surface area contributed by atoms with Crippen LogP contribution in [-0.2, 0) is 18.9 Å². The molecule has 0 bridgehead atoms. The molecule has 0 unspecified atom stereocenters. The zero-order valence-corrected chi connectivity index (χ0v) is 18.1. The zero-order valence-electron chi connectivity index (χ0n) is 22.1. The third-order valence-corrected chi connectivity index (χ3v) is 4.13. The van der Waals surface area contributed by atoms with Gasteiger partial charge in [-0.25, -0.2) is 0 Å². The normalized spacial score (nSPS) is 20.0. The highest BCUT2D eigenvalue weighted by molar-refractivity contribution is 5.40. The molecule has 8 nitrogen and oxygen atoms in total. The van der Waals surface area contributed by atoms with Crippen LogP contribution in [0.4, 0.5) is 0 Å². The Kier molecular flexibility index (Phi) is 9.09. The summed E-state index contributed by atoms with van der Waals surface area (Å²) in [5.74, 6) is 1.14. The molecule has 0 amide bonds. The van der Waals surface area contributed by atoms with E-state index in [0.29, 0.717) is 64.4 Å². The predicted octanol–water partition coefficient (Wildman–Crippen LogP) is 2.98. The van der Waals surface area contributed by atoms with Gasteiger partial charge in [0.2, 0.25) is 0 Å². The molecule has 32 heavy (non-hydrogen) atoms. The van der Waals surface area contributed by atoms with Crippen molar-refractivity contribution in [1.82, 2.24) is 0 Å². The van der Waals surface area contributed by atoms with Crippen LogP contribution in [0.15, 0.2) is 48.4 Å². The molecule has 0 aliphatic carbocycles. The van der Waals surface area contributed by atoms with Gasteiger partial charge in [0.1, 0.15) is 26.4 Å². The fourth-order valence-corrected chi connectivity index (χ4v) is 2.65. The van der Waals surface area contributed by atoms with E-state index in [1.807, 2.05) is 24.3 Å². The van der Waals surface area contributed by atoms with Crippen molar-refractivity contribution in [2.75, 3.05) is 79.3 Å². The van der Waals surface area contributed by atoms with Gasteiger partial charge in [-0.2, -0.15) is 0 Å². The minimum atomic E-state index is -0.396. The number of para-hydroxylation sites is 4. The number of ether oxygens (including phenoxy) is 8. The molecule has 176 valence electrons. The average Bonchev–Trinajstić information content (AvgIpc) is 2.89. The second-order valence-corrected chi connectivity index (χ2v) is 6.45. The molecule has 0 radical (unpaired) electrons. The van der Waals surface area contributed by atoms with E-state index in [1.165, 1.54) is 0 Å². The molecular weight excluding hydrogens is 416 g/mol. The van der Waals surface area contributed by atoms with E-state index in [4.69, 9.17) is 43.4 Å². The number of rotatable bonds is 0. The number of hydrogen-bond acceptors (Lipinski definition) is 8. The number of fused-ring (bicyclic) bond motifs is 2. The van der Waals surface area contributed by atoms with E-state index in [0.717, 1.165) is 0 Å². The molecule has 0 atom stereocenters. The van der Waals surface area contributed by atoms with Gasteiger partial charge < -0.3 is 37.9 Å². The zero-order chi connectivity index (χ0) is 25.6. The summed E-state index contributed by atoms with van der Waals surface area (Å²) in [6.45, 7) is 3.39. The first-order valence-corrected chi connectivity index (χ1v) is 10.6. The molecule has 1 heterocycles. The summed E-state index contributed by atoms with van der Waals surface area (Å²) in [6.07, 6.45) is 0. The van der Waals surface area contributed by atoms with E-state index >= 15 is 0 Å². The van der Waals surface area contributed by atoms with Gasteiger partial charge in [0.15, 0.2) is 23.0 Å². The molecule has 2 aromatic carbocycles. The summed E-state index contributed by atoms with van der Waals surface area (Å²) in [7, 11) is 0. The van der Waals surface area contributed by atoms with Gasteiger partial charge in [0.05, 0.1) is 58.3 Å². The first kappa shape index (κ1) is 19.0. The van der Waals surface area contributed by atoms with E-state index in [2.05, 4.69) is 0 Å². The van der Waals surface area contributed by atoms with Gasteiger partial charge in [0, 0.05) is 0 Å². The Morgan fingerprint density at radius 3 is 1.12 bits per heavy atom. The maximum Gasteiger partial charge on any atom is 0.161 e. The lowest BCUT2D eigenvalue weighted by Crippen LogP contribution is -2.15. The quantitative estimate of drug-likeness (QED) is 0.604. The van der Waals surface area contributed by atoms with Crippen LogP contribution >= 0.6 is 0 Å². The van der Waals surface area contributed by atoms with Gasteiger partial charge in [-0.15, -0.1) is 0 Å². The Bertz CT molecular complexity index is 873. The second kappa shape index (κ2) is 15.3. The van der Waals surface area contributed by atoms with Crippen molar-refractivity contribution in [2.24, 2.45) is 0 Å². The van der Waals surface area contributed by atoms with E-state index in [9.17, 15) is 0 Å². The molecule has 2 aromatic rings. The molecule has 1 aliphatic rings. The molecule has 0 aromatic heterocycles. The predicted molar refractivity (Wildman–Crippen MR) is 118 cm³/mol. The fourth-order valence-electron chi connectivity index (χ4n) is 2.65. The highest BCUT2D eigenvalue weighted by Gasteiger charge is 2.06. The average molecular weight is 453 g/mol. The topological polar surface area (TPSA) is 73.8 Å². The van der Waals surface area contributed by atoms with E-state index in [-0.39, 0.29) is 50.0 Å². The van der Waals surface area contributed by atoms with Gasteiger partial charge in [0.25, 0.3) is 0 Å². The van der Waals surface area contributed by atoms with Crippen LogP contribution in [0.1, 0.15) is 5.48 Å². The van der Waals surface area contributed by atoms with Crippen LogP contribution in [0, 0.1) is 0 Å². The molecular formula is C24H32O8. The third kappa shape index (κ3) is 9.32. The van der Waals surface area contributed by atoms with Crippen LogP contribution < -0.4 is 18.9 Å². The minimum absolute atomic E-state index is 0.0592. The van der Waals surface area contributed by atoms with Crippen molar-refractivity contribution in [3.05, 3.63) is 48.4 Å². The SMILES string of the molecule is [2H]c1c([2H])c([2H])c2c(c1[2H])OCCOCCOCCOc1ccccc1OCCOCCOCCO2. The van der Waals surface area contributed by atoms with Gasteiger partial charge in [-0.05, 0) is 24.2 Å². The van der Waals surface area contributed by atoms with Crippen molar-refractivity contribution in [3.8, 4) is 23.0 Å². The Labute approximate surface area is 194 Å². The maximum absolute atomic E-state index is 8.13. The molecule has 0 N–H and O–H groups in total. The molecule has 1 aliphatic heterocycles. The molecule has 0 fully saturated rings. The lowest BCUT2D eigenvalue weighted by Gasteiger charge is -2.14. The Morgan fingerprint density at radius 2 is 0.750 bits per heavy atom. The van der Waals surface area contributed by atoms with Crippen molar-refractivity contribution in [2.45, 2.75) is 0 Å². The number of benzene rings is 2. The Balaban J connectivity index is 1.56. The van der Waals surface area contributed by atoms with Crippen LogP contribution in [0.3, 0.4) is 0 Å². The largest absolute Gasteiger partial charge is 0.487 e. The first-order valence-electron chi connectivity index (χ1n) is 12.6. The minimum Gasteiger partial charge on any atom is -0.487 e. The van der Waals surface area contributed by atoms with Crippen LogP contribution in [0.25, 0.3) is 0 Å². The van der Waals surface area contributed by atoms with Crippen molar-refractivity contribution in [1.29, 1.82) is 0 Å². The maximum atomic E-state index is 8.13. The smallest absolute Gasteiger partial charge is 0.161 e. The summed E-state index contributed by atoms with van der Waals surface area (Å²) in [6, 6.07) is 5.99.